The van der Waals surface area contributed by atoms with Crippen molar-refractivity contribution in [2.75, 3.05) is 25.5 Å². The van der Waals surface area contributed by atoms with E-state index in [1.807, 2.05) is 19.2 Å². The van der Waals surface area contributed by atoms with E-state index in [4.69, 9.17) is 4.42 Å². The number of likely N-dealkylation sites (N-methyl/N-ethyl adjacent to an activating group) is 2. The summed E-state index contributed by atoms with van der Waals surface area (Å²) in [7, 11) is 4.06. The van der Waals surface area contributed by atoms with Gasteiger partial charge in [-0.25, -0.2) is 4.98 Å². The fourth-order valence-corrected chi connectivity index (χ4v) is 1.95. The summed E-state index contributed by atoms with van der Waals surface area (Å²) in [6, 6.07) is 6.09. The Hall–Kier alpha value is -1.55. The van der Waals surface area contributed by atoms with E-state index in [-0.39, 0.29) is 5.54 Å². The number of nitrogens with zero attached hydrogens (tertiary/aromatic N) is 2. The van der Waals surface area contributed by atoms with Crippen LogP contribution in [-0.4, -0.2) is 31.2 Å². The second kappa shape index (κ2) is 4.37. The summed E-state index contributed by atoms with van der Waals surface area (Å²) in [6.07, 6.45) is 1.48. The number of oxazole rings is 1. The molecule has 0 aliphatic rings. The molecule has 1 aromatic carbocycles. The molecule has 17 heavy (non-hydrogen) atoms. The smallest absolute Gasteiger partial charge is 0.181 e. The Morgan fingerprint density at radius 1 is 1.41 bits per heavy atom. The molecule has 0 aliphatic heterocycles. The minimum absolute atomic E-state index is 0.0441. The highest BCUT2D eigenvalue weighted by Crippen LogP contribution is 2.25. The highest BCUT2D eigenvalue weighted by atomic mass is 16.3. The van der Waals surface area contributed by atoms with Gasteiger partial charge in [0.05, 0.1) is 0 Å². The largest absolute Gasteiger partial charge is 0.443 e. The van der Waals surface area contributed by atoms with Crippen molar-refractivity contribution >= 4 is 16.8 Å². The monoisotopic (exact) mass is 233 g/mol. The average molecular weight is 233 g/mol. The van der Waals surface area contributed by atoms with Gasteiger partial charge >= 0.3 is 0 Å². The van der Waals surface area contributed by atoms with Crippen molar-refractivity contribution in [2.45, 2.75) is 19.4 Å². The first-order valence-electron chi connectivity index (χ1n) is 5.76. The Morgan fingerprint density at radius 3 is 2.88 bits per heavy atom. The summed E-state index contributed by atoms with van der Waals surface area (Å²) in [5.74, 6) is 0. The second-order valence-electron chi connectivity index (χ2n) is 4.91. The molecule has 0 radical (unpaired) electrons. The Balaban J connectivity index is 2.32. The molecule has 1 N–H and O–H groups in total. The summed E-state index contributed by atoms with van der Waals surface area (Å²) in [6.45, 7) is 5.32. The first-order valence-corrected chi connectivity index (χ1v) is 5.76. The first-order chi connectivity index (χ1) is 8.04. The van der Waals surface area contributed by atoms with E-state index in [9.17, 15) is 0 Å². The van der Waals surface area contributed by atoms with Crippen molar-refractivity contribution in [3.63, 3.8) is 0 Å². The van der Waals surface area contributed by atoms with Crippen LogP contribution in [0.3, 0.4) is 0 Å². The fraction of sp³-hybridized carbons (Fsp3) is 0.462. The number of aromatic nitrogens is 1. The predicted molar refractivity (Wildman–Crippen MR) is 70.4 cm³/mol. The molecule has 0 saturated heterocycles. The number of rotatable bonds is 4. The predicted octanol–water partition coefficient (Wildman–Crippen LogP) is 2.26. The van der Waals surface area contributed by atoms with Crippen LogP contribution in [-0.2, 0) is 0 Å². The molecule has 0 amide bonds. The number of benzene rings is 1. The molecule has 92 valence electrons. The summed E-state index contributed by atoms with van der Waals surface area (Å²) in [4.78, 5) is 6.36. The van der Waals surface area contributed by atoms with Crippen LogP contribution in [0.4, 0.5) is 5.69 Å². The normalized spacial score (nSPS) is 12.0. The van der Waals surface area contributed by atoms with Gasteiger partial charge in [-0.2, -0.15) is 0 Å². The lowest BCUT2D eigenvalue weighted by molar-refractivity contribution is 0.463. The van der Waals surface area contributed by atoms with E-state index >= 15 is 0 Å². The van der Waals surface area contributed by atoms with Crippen molar-refractivity contribution in [3.05, 3.63) is 24.6 Å². The van der Waals surface area contributed by atoms with Crippen LogP contribution in [0.25, 0.3) is 11.1 Å². The zero-order valence-electron chi connectivity index (χ0n) is 10.8. The third-order valence-electron chi connectivity index (χ3n) is 3.22. The van der Waals surface area contributed by atoms with Gasteiger partial charge in [-0.05, 0) is 33.0 Å². The van der Waals surface area contributed by atoms with Crippen molar-refractivity contribution < 1.29 is 4.42 Å². The maximum absolute atomic E-state index is 5.33. The molecule has 2 rings (SSSR count). The van der Waals surface area contributed by atoms with Crippen LogP contribution in [0.2, 0.25) is 0 Å². The summed E-state index contributed by atoms with van der Waals surface area (Å²) in [5, 5.41) is 3.21. The van der Waals surface area contributed by atoms with Crippen LogP contribution in [0.1, 0.15) is 13.8 Å². The SMILES string of the molecule is CNCC(C)(C)N(C)c1ccc2ncoc2c1. The van der Waals surface area contributed by atoms with Crippen LogP contribution in [0.15, 0.2) is 29.0 Å². The maximum Gasteiger partial charge on any atom is 0.181 e. The molecule has 0 spiro atoms. The number of anilines is 1. The van der Waals surface area contributed by atoms with Crippen LogP contribution in [0, 0.1) is 0 Å². The van der Waals surface area contributed by atoms with Crippen molar-refractivity contribution in [3.8, 4) is 0 Å². The molecule has 0 bridgehead atoms. The van der Waals surface area contributed by atoms with Gasteiger partial charge in [-0.1, -0.05) is 0 Å². The fourth-order valence-electron chi connectivity index (χ4n) is 1.95. The van der Waals surface area contributed by atoms with E-state index in [0.29, 0.717) is 0 Å². The van der Waals surface area contributed by atoms with Gasteiger partial charge in [-0.3, -0.25) is 0 Å². The minimum atomic E-state index is 0.0441. The highest BCUT2D eigenvalue weighted by molar-refractivity contribution is 5.77. The van der Waals surface area contributed by atoms with Crippen LogP contribution < -0.4 is 10.2 Å². The molecule has 1 aromatic heterocycles. The van der Waals surface area contributed by atoms with Crippen molar-refractivity contribution in [1.82, 2.24) is 10.3 Å². The summed E-state index contributed by atoms with van der Waals surface area (Å²) in [5.41, 5.74) is 2.90. The number of nitrogens with one attached hydrogen (secondary N) is 1. The molecule has 0 atom stereocenters. The van der Waals surface area contributed by atoms with Crippen LogP contribution in [0.5, 0.6) is 0 Å². The standard InChI is InChI=1S/C13H19N3O/c1-13(2,8-14-3)16(4)10-5-6-11-12(7-10)17-9-15-11/h5-7,9,14H,8H2,1-4H3. The third-order valence-corrected chi connectivity index (χ3v) is 3.22. The molecule has 0 aliphatic carbocycles. The lowest BCUT2D eigenvalue weighted by Crippen LogP contribution is -2.48. The second-order valence-corrected chi connectivity index (χ2v) is 4.91. The average Bonchev–Trinajstić information content (AvgIpc) is 2.74. The van der Waals surface area contributed by atoms with E-state index in [0.717, 1.165) is 23.3 Å². The number of hydrogen-bond acceptors (Lipinski definition) is 4. The van der Waals surface area contributed by atoms with Crippen molar-refractivity contribution in [1.29, 1.82) is 0 Å². The van der Waals surface area contributed by atoms with Crippen LogP contribution >= 0.6 is 0 Å². The molecule has 4 nitrogen and oxygen atoms in total. The molecular weight excluding hydrogens is 214 g/mol. The lowest BCUT2D eigenvalue weighted by Gasteiger charge is -2.37. The molecule has 0 fully saturated rings. The zero-order valence-corrected chi connectivity index (χ0v) is 10.8. The summed E-state index contributed by atoms with van der Waals surface area (Å²) < 4.78 is 5.33. The molecule has 2 aromatic rings. The molecular formula is C13H19N3O. The van der Waals surface area contributed by atoms with Gasteiger partial charge in [0.15, 0.2) is 12.0 Å². The quantitative estimate of drug-likeness (QED) is 0.879. The third kappa shape index (κ3) is 2.26. The van der Waals surface area contributed by atoms with Gasteiger partial charge in [0.25, 0.3) is 0 Å². The van der Waals surface area contributed by atoms with E-state index in [2.05, 4.69) is 42.2 Å². The Morgan fingerprint density at radius 2 is 2.18 bits per heavy atom. The topological polar surface area (TPSA) is 41.3 Å². The van der Waals surface area contributed by atoms with Crippen molar-refractivity contribution in [2.24, 2.45) is 0 Å². The Bertz CT molecular complexity index is 504. The first kappa shape index (κ1) is 11.9. The molecule has 1 heterocycles. The van der Waals surface area contributed by atoms with Gasteiger partial charge in [0, 0.05) is 30.9 Å². The van der Waals surface area contributed by atoms with Gasteiger partial charge < -0.3 is 14.6 Å². The molecule has 4 heteroatoms. The zero-order chi connectivity index (χ0) is 12.5. The van der Waals surface area contributed by atoms with Gasteiger partial charge in [0.2, 0.25) is 0 Å². The Labute approximate surface area is 102 Å². The summed E-state index contributed by atoms with van der Waals surface area (Å²) >= 11 is 0. The van der Waals surface area contributed by atoms with Gasteiger partial charge in [0.1, 0.15) is 5.52 Å². The Kier molecular flexibility index (Phi) is 3.07. The number of fused-ring (bicyclic) bond motifs is 1. The lowest BCUT2D eigenvalue weighted by atomic mass is 10.0. The van der Waals surface area contributed by atoms with E-state index in [1.54, 1.807) is 0 Å². The van der Waals surface area contributed by atoms with Gasteiger partial charge in [-0.15, -0.1) is 0 Å². The van der Waals surface area contributed by atoms with E-state index in [1.165, 1.54) is 6.39 Å². The van der Waals surface area contributed by atoms with E-state index < -0.39 is 0 Å². The minimum Gasteiger partial charge on any atom is -0.443 e. The molecule has 0 saturated carbocycles. The highest BCUT2D eigenvalue weighted by Gasteiger charge is 2.23. The number of hydrogen-bond donors (Lipinski definition) is 1. The maximum atomic E-state index is 5.33. The molecule has 0 unspecified atom stereocenters.